The van der Waals surface area contributed by atoms with Crippen LogP contribution < -0.4 is 5.32 Å². The van der Waals surface area contributed by atoms with Gasteiger partial charge in [-0.3, -0.25) is 0 Å². The largest absolute Gasteiger partial charge is 0.507 e. The van der Waals surface area contributed by atoms with E-state index in [1.165, 1.54) is 31.2 Å². The van der Waals surface area contributed by atoms with Gasteiger partial charge in [0.05, 0.1) is 4.47 Å². The van der Waals surface area contributed by atoms with Gasteiger partial charge in [0.25, 0.3) is 0 Å². The Morgan fingerprint density at radius 1 is 1.44 bits per heavy atom. The van der Waals surface area contributed by atoms with E-state index >= 15 is 0 Å². The van der Waals surface area contributed by atoms with Gasteiger partial charge in [0.1, 0.15) is 5.75 Å². The average molecular weight is 330 g/mol. The fourth-order valence-corrected chi connectivity index (χ4v) is 3.72. The van der Waals surface area contributed by atoms with Crippen LogP contribution in [0.25, 0.3) is 0 Å². The van der Waals surface area contributed by atoms with Crippen LogP contribution in [0.1, 0.15) is 31.2 Å². The molecule has 2 nitrogen and oxygen atoms in total. The molecule has 0 amide bonds. The van der Waals surface area contributed by atoms with E-state index in [0.717, 1.165) is 16.3 Å². The third-order valence-electron chi connectivity index (χ3n) is 3.57. The monoisotopic (exact) mass is 329 g/mol. The van der Waals surface area contributed by atoms with Crippen LogP contribution >= 0.6 is 27.7 Å². The van der Waals surface area contributed by atoms with Crippen molar-refractivity contribution in [2.45, 2.75) is 43.5 Å². The zero-order valence-electron chi connectivity index (χ0n) is 10.7. The summed E-state index contributed by atoms with van der Waals surface area (Å²) in [4.78, 5) is 0. The molecule has 1 aliphatic rings. The molecule has 0 aliphatic heterocycles. The van der Waals surface area contributed by atoms with Crippen molar-refractivity contribution in [3.05, 3.63) is 28.2 Å². The van der Waals surface area contributed by atoms with Crippen LogP contribution in [0.3, 0.4) is 0 Å². The molecule has 0 saturated heterocycles. The molecule has 2 rings (SSSR count). The van der Waals surface area contributed by atoms with Crippen molar-refractivity contribution in [1.29, 1.82) is 0 Å². The van der Waals surface area contributed by atoms with E-state index in [9.17, 15) is 5.11 Å². The summed E-state index contributed by atoms with van der Waals surface area (Å²) in [5, 5.41) is 13.9. The molecule has 1 aliphatic carbocycles. The van der Waals surface area contributed by atoms with Crippen LogP contribution in [0.2, 0.25) is 0 Å². The Bertz CT molecular complexity index is 399. The lowest BCUT2D eigenvalue weighted by Gasteiger charge is -2.28. The molecule has 0 radical (unpaired) electrons. The fraction of sp³-hybridized carbons (Fsp3) is 0.571. The highest BCUT2D eigenvalue weighted by molar-refractivity contribution is 9.10. The maximum Gasteiger partial charge on any atom is 0.129 e. The molecular formula is C14H20BrNOS. The minimum absolute atomic E-state index is 0.305. The number of rotatable bonds is 4. The Hall–Kier alpha value is -0.190. The molecule has 0 heterocycles. The van der Waals surface area contributed by atoms with Gasteiger partial charge in [-0.25, -0.2) is 0 Å². The molecule has 100 valence electrons. The molecule has 0 bridgehead atoms. The minimum atomic E-state index is 0.305. The highest BCUT2D eigenvalue weighted by atomic mass is 79.9. The molecule has 18 heavy (non-hydrogen) atoms. The molecule has 0 spiro atoms. The average Bonchev–Trinajstić information content (AvgIpc) is 2.40. The number of phenols is 1. The van der Waals surface area contributed by atoms with E-state index in [1.807, 2.05) is 23.9 Å². The minimum Gasteiger partial charge on any atom is -0.507 e. The van der Waals surface area contributed by atoms with E-state index in [0.29, 0.717) is 11.8 Å². The van der Waals surface area contributed by atoms with E-state index in [1.54, 1.807) is 6.07 Å². The number of thioether (sulfide) groups is 1. The second-order valence-corrected chi connectivity index (χ2v) is 6.88. The quantitative estimate of drug-likeness (QED) is 0.878. The number of aromatic hydroxyl groups is 1. The summed E-state index contributed by atoms with van der Waals surface area (Å²) in [6.07, 6.45) is 7.48. The maximum atomic E-state index is 9.46. The molecular weight excluding hydrogens is 310 g/mol. The first kappa shape index (κ1) is 14.2. The number of phenolic OH excluding ortho intramolecular Hbond substituents is 1. The Morgan fingerprint density at radius 3 is 3.00 bits per heavy atom. The van der Waals surface area contributed by atoms with Crippen molar-refractivity contribution in [3.8, 4) is 5.75 Å². The van der Waals surface area contributed by atoms with Gasteiger partial charge in [-0.05, 0) is 59.1 Å². The van der Waals surface area contributed by atoms with Crippen molar-refractivity contribution in [2.24, 2.45) is 0 Å². The highest BCUT2D eigenvalue weighted by Gasteiger charge is 2.20. The second-order valence-electron chi connectivity index (χ2n) is 4.89. The van der Waals surface area contributed by atoms with Gasteiger partial charge >= 0.3 is 0 Å². The normalized spacial score (nSPS) is 24.1. The lowest BCUT2D eigenvalue weighted by molar-refractivity contribution is 0.379. The number of benzene rings is 1. The standard InChI is InChI=1S/C14H20BrNOS/c1-18-12-4-2-3-11(8-12)16-9-10-5-6-14(17)13(15)7-10/h5-7,11-12,16-17H,2-4,8-9H2,1H3. The summed E-state index contributed by atoms with van der Waals surface area (Å²) in [6.45, 7) is 0.880. The van der Waals surface area contributed by atoms with E-state index in [4.69, 9.17) is 0 Å². The summed E-state index contributed by atoms with van der Waals surface area (Å²) in [5.74, 6) is 0.305. The maximum absolute atomic E-state index is 9.46. The van der Waals surface area contributed by atoms with Crippen LogP contribution in [-0.4, -0.2) is 22.7 Å². The van der Waals surface area contributed by atoms with Gasteiger partial charge in [0, 0.05) is 17.8 Å². The van der Waals surface area contributed by atoms with Crippen LogP contribution in [0.5, 0.6) is 5.75 Å². The van der Waals surface area contributed by atoms with E-state index in [2.05, 4.69) is 27.5 Å². The Kier molecular flexibility index (Phi) is 5.39. The van der Waals surface area contributed by atoms with Crippen LogP contribution in [0.4, 0.5) is 0 Å². The predicted octanol–water partition coefficient (Wildman–Crippen LogP) is 3.92. The van der Waals surface area contributed by atoms with E-state index in [-0.39, 0.29) is 0 Å². The van der Waals surface area contributed by atoms with Crippen molar-refractivity contribution in [3.63, 3.8) is 0 Å². The summed E-state index contributed by atoms with van der Waals surface area (Å²) >= 11 is 5.35. The molecule has 0 aromatic heterocycles. The molecule has 4 heteroatoms. The zero-order chi connectivity index (χ0) is 13.0. The molecule has 2 N–H and O–H groups in total. The van der Waals surface area contributed by atoms with Crippen LogP contribution in [0.15, 0.2) is 22.7 Å². The van der Waals surface area contributed by atoms with Crippen molar-refractivity contribution >= 4 is 27.7 Å². The van der Waals surface area contributed by atoms with Crippen molar-refractivity contribution < 1.29 is 5.11 Å². The zero-order valence-corrected chi connectivity index (χ0v) is 13.1. The predicted molar refractivity (Wildman–Crippen MR) is 82.2 cm³/mol. The number of halogens is 1. The Morgan fingerprint density at radius 2 is 2.28 bits per heavy atom. The second kappa shape index (κ2) is 6.83. The third kappa shape index (κ3) is 3.90. The first-order chi connectivity index (χ1) is 8.69. The first-order valence-corrected chi connectivity index (χ1v) is 8.50. The van der Waals surface area contributed by atoms with Gasteiger partial charge in [0.15, 0.2) is 0 Å². The topological polar surface area (TPSA) is 32.3 Å². The molecule has 1 saturated carbocycles. The number of hydrogen-bond donors (Lipinski definition) is 2. The molecule has 1 aromatic rings. The molecule has 2 unspecified atom stereocenters. The summed E-state index contributed by atoms with van der Waals surface area (Å²) in [7, 11) is 0. The molecule has 2 atom stereocenters. The summed E-state index contributed by atoms with van der Waals surface area (Å²) in [5.41, 5.74) is 1.21. The molecule has 1 fully saturated rings. The van der Waals surface area contributed by atoms with Crippen molar-refractivity contribution in [2.75, 3.05) is 6.26 Å². The lowest BCUT2D eigenvalue weighted by Crippen LogP contribution is -2.34. The fourth-order valence-electron chi connectivity index (χ4n) is 2.47. The highest BCUT2D eigenvalue weighted by Crippen LogP contribution is 2.28. The lowest BCUT2D eigenvalue weighted by atomic mass is 9.95. The van der Waals surface area contributed by atoms with Gasteiger partial charge in [0.2, 0.25) is 0 Å². The van der Waals surface area contributed by atoms with Crippen LogP contribution in [-0.2, 0) is 6.54 Å². The number of hydrogen-bond acceptors (Lipinski definition) is 3. The van der Waals surface area contributed by atoms with Gasteiger partial charge in [-0.2, -0.15) is 11.8 Å². The smallest absolute Gasteiger partial charge is 0.129 e. The van der Waals surface area contributed by atoms with E-state index < -0.39 is 0 Å². The summed E-state index contributed by atoms with van der Waals surface area (Å²) < 4.78 is 0.771. The Labute approximate surface area is 122 Å². The first-order valence-electron chi connectivity index (χ1n) is 6.42. The van der Waals surface area contributed by atoms with Crippen molar-refractivity contribution in [1.82, 2.24) is 5.32 Å². The number of nitrogens with one attached hydrogen (secondary N) is 1. The third-order valence-corrected chi connectivity index (χ3v) is 5.30. The van der Waals surface area contributed by atoms with Gasteiger partial charge in [-0.1, -0.05) is 12.5 Å². The summed E-state index contributed by atoms with van der Waals surface area (Å²) in [6, 6.07) is 6.34. The Balaban J connectivity index is 1.85. The SMILES string of the molecule is CSC1CCCC(NCc2ccc(O)c(Br)c2)C1. The van der Waals surface area contributed by atoms with Crippen LogP contribution in [0, 0.1) is 0 Å². The van der Waals surface area contributed by atoms with Gasteiger partial charge < -0.3 is 10.4 Å². The van der Waals surface area contributed by atoms with Gasteiger partial charge in [-0.15, -0.1) is 0 Å². The molecule has 1 aromatic carbocycles.